The molecule has 1 heterocycles. The molecular weight excluding hydrogens is 244 g/mol. The Kier molecular flexibility index (Phi) is 5.19. The molecule has 0 atom stereocenters. The van der Waals surface area contributed by atoms with E-state index in [1.165, 1.54) is 12.8 Å². The van der Waals surface area contributed by atoms with Crippen molar-refractivity contribution in [2.24, 2.45) is 11.8 Å². The minimum Gasteiger partial charge on any atom is -0.481 e. The minimum atomic E-state index is -0.715. The number of nitrogens with one attached hydrogen (secondary N) is 1. The van der Waals surface area contributed by atoms with Crippen LogP contribution in [0.4, 0.5) is 0 Å². The molecule has 0 spiro atoms. The van der Waals surface area contributed by atoms with Gasteiger partial charge in [0, 0.05) is 19.0 Å². The first kappa shape index (κ1) is 14.3. The van der Waals surface area contributed by atoms with Gasteiger partial charge in [0.1, 0.15) is 0 Å². The number of carbonyl (C=O) groups excluding carboxylic acids is 1. The van der Waals surface area contributed by atoms with Crippen molar-refractivity contribution >= 4 is 11.9 Å². The molecule has 19 heavy (non-hydrogen) atoms. The molecule has 1 saturated carbocycles. The van der Waals surface area contributed by atoms with Gasteiger partial charge >= 0.3 is 5.97 Å². The Labute approximate surface area is 114 Å². The first-order chi connectivity index (χ1) is 9.16. The summed E-state index contributed by atoms with van der Waals surface area (Å²) in [6, 6.07) is 0. The van der Waals surface area contributed by atoms with Crippen LogP contribution in [0, 0.1) is 11.8 Å². The number of aliphatic carboxylic acids is 1. The third-order valence-electron chi connectivity index (χ3n) is 4.37. The maximum absolute atomic E-state index is 12.0. The molecule has 0 bridgehead atoms. The van der Waals surface area contributed by atoms with Gasteiger partial charge in [-0.3, -0.25) is 9.59 Å². The average Bonchev–Trinajstić information content (AvgIpc) is 2.92. The van der Waals surface area contributed by atoms with Crippen molar-refractivity contribution in [1.29, 1.82) is 0 Å². The minimum absolute atomic E-state index is 0.0224. The van der Waals surface area contributed by atoms with Crippen LogP contribution in [-0.2, 0) is 9.59 Å². The molecule has 2 N–H and O–H groups in total. The second kappa shape index (κ2) is 6.89. The second-order valence-electron chi connectivity index (χ2n) is 5.73. The fraction of sp³-hybridized carbons (Fsp3) is 0.857. The van der Waals surface area contributed by atoms with Crippen molar-refractivity contribution < 1.29 is 14.7 Å². The van der Waals surface area contributed by atoms with Gasteiger partial charge in [-0.15, -0.1) is 0 Å². The zero-order valence-electron chi connectivity index (χ0n) is 11.4. The zero-order chi connectivity index (χ0) is 13.7. The number of carboxylic acid groups (broad SMARTS) is 1. The van der Waals surface area contributed by atoms with E-state index >= 15 is 0 Å². The summed E-state index contributed by atoms with van der Waals surface area (Å²) in [5.74, 6) is -0.821. The van der Waals surface area contributed by atoms with Gasteiger partial charge in [0.15, 0.2) is 0 Å². The van der Waals surface area contributed by atoms with Gasteiger partial charge in [-0.2, -0.15) is 0 Å². The normalized spacial score (nSPS) is 28.2. The average molecular weight is 268 g/mol. The van der Waals surface area contributed by atoms with Crippen LogP contribution >= 0.6 is 0 Å². The maximum atomic E-state index is 12.0. The van der Waals surface area contributed by atoms with Gasteiger partial charge in [0.25, 0.3) is 0 Å². The van der Waals surface area contributed by atoms with E-state index in [-0.39, 0.29) is 17.7 Å². The molecule has 0 aromatic carbocycles. The zero-order valence-corrected chi connectivity index (χ0v) is 11.4. The van der Waals surface area contributed by atoms with Crippen molar-refractivity contribution in [3.8, 4) is 0 Å². The lowest BCUT2D eigenvalue weighted by Crippen LogP contribution is -2.38. The van der Waals surface area contributed by atoms with Crippen molar-refractivity contribution in [2.75, 3.05) is 26.2 Å². The predicted octanol–water partition coefficient (Wildman–Crippen LogP) is 1.09. The fourth-order valence-corrected chi connectivity index (χ4v) is 3.09. The van der Waals surface area contributed by atoms with E-state index in [2.05, 4.69) is 10.2 Å². The molecule has 1 amide bonds. The number of carboxylic acids is 1. The highest BCUT2D eigenvalue weighted by Crippen LogP contribution is 2.28. The summed E-state index contributed by atoms with van der Waals surface area (Å²) >= 11 is 0. The summed E-state index contributed by atoms with van der Waals surface area (Å²) in [5.41, 5.74) is 0. The van der Waals surface area contributed by atoms with Gasteiger partial charge < -0.3 is 15.3 Å². The molecule has 1 saturated heterocycles. The molecule has 0 radical (unpaired) electrons. The molecule has 0 unspecified atom stereocenters. The van der Waals surface area contributed by atoms with Gasteiger partial charge in [0.2, 0.25) is 5.91 Å². The molecule has 1 aliphatic carbocycles. The Bertz CT molecular complexity index is 319. The molecule has 1 aliphatic heterocycles. The maximum Gasteiger partial charge on any atom is 0.306 e. The number of amides is 1. The molecule has 5 nitrogen and oxygen atoms in total. The second-order valence-corrected chi connectivity index (χ2v) is 5.73. The predicted molar refractivity (Wildman–Crippen MR) is 71.8 cm³/mol. The largest absolute Gasteiger partial charge is 0.481 e. The highest BCUT2D eigenvalue weighted by molar-refractivity contribution is 5.79. The summed E-state index contributed by atoms with van der Waals surface area (Å²) < 4.78 is 0. The number of nitrogens with zero attached hydrogens (tertiary/aromatic N) is 1. The summed E-state index contributed by atoms with van der Waals surface area (Å²) in [4.78, 5) is 25.2. The van der Waals surface area contributed by atoms with Crippen LogP contribution in [-0.4, -0.2) is 48.1 Å². The molecule has 0 aromatic heterocycles. The Morgan fingerprint density at radius 1 is 1.05 bits per heavy atom. The van der Waals surface area contributed by atoms with Crippen LogP contribution < -0.4 is 5.32 Å². The summed E-state index contributed by atoms with van der Waals surface area (Å²) in [7, 11) is 0. The van der Waals surface area contributed by atoms with E-state index in [9.17, 15) is 9.59 Å². The lowest BCUT2D eigenvalue weighted by molar-refractivity contribution is -0.144. The quantitative estimate of drug-likeness (QED) is 0.783. The monoisotopic (exact) mass is 268 g/mol. The summed E-state index contributed by atoms with van der Waals surface area (Å²) in [6.07, 6.45) is 5.25. The first-order valence-electron chi connectivity index (χ1n) is 7.39. The molecule has 2 fully saturated rings. The number of rotatable bonds is 5. The highest BCUT2D eigenvalue weighted by Gasteiger charge is 2.29. The Balaban J connectivity index is 1.62. The topological polar surface area (TPSA) is 69.6 Å². The van der Waals surface area contributed by atoms with Crippen LogP contribution in [0.15, 0.2) is 0 Å². The first-order valence-corrected chi connectivity index (χ1v) is 7.39. The lowest BCUT2D eigenvalue weighted by Gasteiger charge is -2.25. The van der Waals surface area contributed by atoms with E-state index in [1.807, 2.05) is 0 Å². The molecule has 2 aliphatic rings. The van der Waals surface area contributed by atoms with Crippen molar-refractivity contribution in [1.82, 2.24) is 10.2 Å². The van der Waals surface area contributed by atoms with Crippen LogP contribution in [0.1, 0.15) is 38.5 Å². The molecule has 5 heteroatoms. The Hall–Kier alpha value is -1.10. The Morgan fingerprint density at radius 2 is 1.63 bits per heavy atom. The number of carbonyl (C=O) groups is 2. The van der Waals surface area contributed by atoms with E-state index in [0.29, 0.717) is 25.7 Å². The summed E-state index contributed by atoms with van der Waals surface area (Å²) in [6.45, 7) is 3.97. The van der Waals surface area contributed by atoms with Gasteiger partial charge in [0.05, 0.1) is 5.92 Å². The molecule has 108 valence electrons. The van der Waals surface area contributed by atoms with Crippen molar-refractivity contribution in [3.63, 3.8) is 0 Å². The third-order valence-corrected chi connectivity index (χ3v) is 4.37. The van der Waals surface area contributed by atoms with E-state index in [1.54, 1.807) is 0 Å². The van der Waals surface area contributed by atoms with Gasteiger partial charge in [-0.1, -0.05) is 0 Å². The standard InChI is InChI=1S/C14H24N2O3/c17-13(15-7-10-16-8-1-2-9-16)11-3-5-12(6-4-11)14(18)19/h11-12H,1-10H2,(H,15,17)(H,18,19). The van der Waals surface area contributed by atoms with E-state index in [4.69, 9.17) is 5.11 Å². The smallest absolute Gasteiger partial charge is 0.306 e. The van der Waals surface area contributed by atoms with E-state index in [0.717, 1.165) is 26.2 Å². The van der Waals surface area contributed by atoms with Gasteiger partial charge in [-0.05, 0) is 51.6 Å². The number of likely N-dealkylation sites (tertiary alicyclic amines) is 1. The summed E-state index contributed by atoms with van der Waals surface area (Å²) in [5, 5.41) is 11.9. The molecule has 2 rings (SSSR count). The van der Waals surface area contributed by atoms with Crippen LogP contribution in [0.2, 0.25) is 0 Å². The van der Waals surface area contributed by atoms with Gasteiger partial charge in [-0.25, -0.2) is 0 Å². The van der Waals surface area contributed by atoms with Crippen LogP contribution in [0.25, 0.3) is 0 Å². The van der Waals surface area contributed by atoms with Crippen molar-refractivity contribution in [3.05, 3.63) is 0 Å². The van der Waals surface area contributed by atoms with Crippen LogP contribution in [0.3, 0.4) is 0 Å². The van der Waals surface area contributed by atoms with Crippen molar-refractivity contribution in [2.45, 2.75) is 38.5 Å². The highest BCUT2D eigenvalue weighted by atomic mass is 16.4. The van der Waals surface area contributed by atoms with Crippen LogP contribution in [0.5, 0.6) is 0 Å². The number of hydrogen-bond acceptors (Lipinski definition) is 3. The molecule has 0 aromatic rings. The Morgan fingerprint density at radius 3 is 2.21 bits per heavy atom. The SMILES string of the molecule is O=C(O)C1CCC(C(=O)NCCN2CCCC2)CC1. The number of hydrogen-bond donors (Lipinski definition) is 2. The third kappa shape index (κ3) is 4.20. The van der Waals surface area contributed by atoms with E-state index < -0.39 is 5.97 Å². The fourth-order valence-electron chi connectivity index (χ4n) is 3.09. The molecular formula is C14H24N2O3. The lowest BCUT2D eigenvalue weighted by atomic mass is 9.81.